The number of benzene rings is 2. The molecule has 0 saturated carbocycles. The lowest BCUT2D eigenvalue weighted by atomic mass is 9.93. The third-order valence-corrected chi connectivity index (χ3v) is 6.26. The normalized spacial score (nSPS) is 19.9. The number of fused-ring (bicyclic) bond motifs is 3. The van der Waals surface area contributed by atoms with Crippen LogP contribution < -0.4 is 14.2 Å². The fraction of sp³-hybridized carbons (Fsp3) is 0.333. The first-order valence-corrected chi connectivity index (χ1v) is 9.87. The van der Waals surface area contributed by atoms with Gasteiger partial charge in [-0.2, -0.15) is 0 Å². The maximum absolute atomic E-state index is 5.87. The van der Waals surface area contributed by atoms with E-state index in [1.165, 1.54) is 22.0 Å². The number of ether oxygens (including phenoxy) is 3. The molecule has 6 heteroatoms. The zero-order chi connectivity index (χ0) is 18.8. The van der Waals surface area contributed by atoms with Gasteiger partial charge in [-0.25, -0.2) is 0 Å². The van der Waals surface area contributed by atoms with Crippen molar-refractivity contribution >= 4 is 26.8 Å². The van der Waals surface area contributed by atoms with Crippen molar-refractivity contribution in [2.45, 2.75) is 12.6 Å². The summed E-state index contributed by atoms with van der Waals surface area (Å²) in [6, 6.07) is 10.7. The Labute approximate surface area is 166 Å². The topological polar surface area (TPSA) is 32.6 Å². The lowest BCUT2D eigenvalue weighted by Crippen LogP contribution is -2.50. The highest BCUT2D eigenvalue weighted by Gasteiger charge is 2.42. The molecule has 140 valence electrons. The molecule has 0 spiro atoms. The van der Waals surface area contributed by atoms with Crippen molar-refractivity contribution in [3.8, 4) is 17.2 Å². The average Bonchev–Trinajstić information content (AvgIpc) is 3.26. The van der Waals surface area contributed by atoms with Crippen molar-refractivity contribution in [1.82, 2.24) is 4.57 Å². The fourth-order valence-electron chi connectivity index (χ4n) is 4.47. The first-order chi connectivity index (χ1) is 13.0. The van der Waals surface area contributed by atoms with Gasteiger partial charge in [0.05, 0.1) is 38.8 Å². The number of nitrogens with zero attached hydrogens (tertiary/aromatic N) is 2. The summed E-state index contributed by atoms with van der Waals surface area (Å²) in [5.41, 5.74) is 3.68. The molecule has 2 aliphatic rings. The van der Waals surface area contributed by atoms with Gasteiger partial charge >= 0.3 is 0 Å². The summed E-state index contributed by atoms with van der Waals surface area (Å²) in [6.07, 6.45) is 3.26. The average molecular weight is 430 g/mol. The Balaban J connectivity index is 1.79. The number of hydrogen-bond donors (Lipinski definition) is 0. The maximum Gasteiger partial charge on any atom is 0.231 e. The quantitative estimate of drug-likeness (QED) is 0.568. The molecule has 0 N–H and O–H groups in total. The van der Waals surface area contributed by atoms with Crippen LogP contribution in [0.2, 0.25) is 0 Å². The van der Waals surface area contributed by atoms with Crippen LogP contribution in [0.25, 0.3) is 10.9 Å². The van der Waals surface area contributed by atoms with Gasteiger partial charge in [0, 0.05) is 22.5 Å². The molecule has 0 aliphatic carbocycles. The molecule has 0 fully saturated rings. The molecule has 0 bridgehead atoms. The predicted molar refractivity (Wildman–Crippen MR) is 108 cm³/mol. The van der Waals surface area contributed by atoms with Gasteiger partial charge in [-0.05, 0) is 35.9 Å². The van der Waals surface area contributed by atoms with Gasteiger partial charge in [0.1, 0.15) is 0 Å². The molecule has 0 amide bonds. The Morgan fingerprint density at radius 2 is 2.04 bits per heavy atom. The van der Waals surface area contributed by atoms with E-state index in [4.69, 9.17) is 14.2 Å². The molecule has 0 saturated heterocycles. The van der Waals surface area contributed by atoms with E-state index in [0.717, 1.165) is 39.2 Å². The van der Waals surface area contributed by atoms with E-state index < -0.39 is 0 Å². The highest BCUT2D eigenvalue weighted by Crippen LogP contribution is 2.51. The summed E-state index contributed by atoms with van der Waals surface area (Å²) in [6.45, 7) is 1.29. The van der Waals surface area contributed by atoms with Crippen LogP contribution in [0.5, 0.6) is 17.2 Å². The van der Waals surface area contributed by atoms with Crippen molar-refractivity contribution in [2.75, 3.05) is 34.5 Å². The number of rotatable bonds is 2. The first kappa shape index (κ1) is 17.0. The maximum atomic E-state index is 5.87. The number of hydrogen-bond acceptors (Lipinski definition) is 3. The fourth-order valence-corrected chi connectivity index (χ4v) is 4.85. The van der Waals surface area contributed by atoms with Crippen LogP contribution >= 0.6 is 15.9 Å². The predicted octanol–water partition coefficient (Wildman–Crippen LogP) is 4.32. The molecule has 5 rings (SSSR count). The molecular weight excluding hydrogens is 408 g/mol. The Hall–Kier alpha value is -2.18. The Bertz CT molecular complexity index is 1060. The van der Waals surface area contributed by atoms with Gasteiger partial charge in [0.25, 0.3) is 0 Å². The zero-order valence-corrected chi connectivity index (χ0v) is 17.2. The van der Waals surface area contributed by atoms with Gasteiger partial charge in [-0.1, -0.05) is 15.9 Å². The highest BCUT2D eigenvalue weighted by molar-refractivity contribution is 9.10. The summed E-state index contributed by atoms with van der Waals surface area (Å²) in [5, 5.41) is 1.22. The largest absolute Gasteiger partial charge is 0.492 e. The van der Waals surface area contributed by atoms with Crippen molar-refractivity contribution in [1.29, 1.82) is 0 Å². The van der Waals surface area contributed by atoms with E-state index in [1.54, 1.807) is 7.11 Å². The van der Waals surface area contributed by atoms with Gasteiger partial charge in [-0.3, -0.25) is 4.57 Å². The van der Waals surface area contributed by atoms with E-state index in [2.05, 4.69) is 71.1 Å². The second-order valence-corrected chi connectivity index (χ2v) is 8.68. The van der Waals surface area contributed by atoms with Crippen LogP contribution in [0.1, 0.15) is 17.3 Å². The van der Waals surface area contributed by atoms with Gasteiger partial charge < -0.3 is 18.7 Å². The zero-order valence-electron chi connectivity index (χ0n) is 15.7. The van der Waals surface area contributed by atoms with Gasteiger partial charge in [0.2, 0.25) is 12.5 Å². The van der Waals surface area contributed by atoms with E-state index in [1.807, 2.05) is 0 Å². The summed E-state index contributed by atoms with van der Waals surface area (Å²) in [5.74, 6) is 2.31. The number of aromatic nitrogens is 1. The number of quaternary nitrogens is 1. The number of halogens is 1. The van der Waals surface area contributed by atoms with Crippen molar-refractivity contribution in [3.63, 3.8) is 0 Å². The molecule has 3 aromatic rings. The highest BCUT2D eigenvalue weighted by atomic mass is 79.9. The van der Waals surface area contributed by atoms with Gasteiger partial charge in [0.15, 0.2) is 17.7 Å². The van der Waals surface area contributed by atoms with E-state index in [9.17, 15) is 0 Å². The molecule has 1 atom stereocenters. The van der Waals surface area contributed by atoms with E-state index in [0.29, 0.717) is 0 Å². The molecule has 3 heterocycles. The lowest BCUT2D eigenvalue weighted by molar-refractivity contribution is -0.926. The van der Waals surface area contributed by atoms with Gasteiger partial charge in [-0.15, -0.1) is 0 Å². The SMILES string of the molecule is COc1c2c(cc3c1[C@H](n1ccc4cc(Br)ccc41)[N+](C)(C)CC3)OCO2. The van der Waals surface area contributed by atoms with Crippen molar-refractivity contribution < 1.29 is 18.7 Å². The standard InChI is InChI=1S/C21H22BrN2O3/c1-24(2)9-7-14-11-17-19(27-12-26-17)20(25-3)18(14)21(24)23-8-6-13-10-15(22)4-5-16(13)23/h4-6,8,10-11,21H,7,9,12H2,1-3H3/q+1/t21-/m1/s1. The summed E-state index contributed by atoms with van der Waals surface area (Å²) < 4.78 is 21.6. The van der Waals surface area contributed by atoms with Crippen LogP contribution in [0.15, 0.2) is 41.0 Å². The molecule has 2 aliphatic heterocycles. The van der Waals surface area contributed by atoms with Crippen LogP contribution in [0.3, 0.4) is 0 Å². The molecule has 27 heavy (non-hydrogen) atoms. The van der Waals surface area contributed by atoms with Crippen LogP contribution in [-0.2, 0) is 6.42 Å². The second-order valence-electron chi connectivity index (χ2n) is 7.77. The van der Waals surface area contributed by atoms with Crippen LogP contribution in [0.4, 0.5) is 0 Å². The molecule has 0 radical (unpaired) electrons. The lowest BCUT2D eigenvalue weighted by Gasteiger charge is -2.43. The molecule has 5 nitrogen and oxygen atoms in total. The number of methoxy groups -OCH3 is 1. The van der Waals surface area contributed by atoms with E-state index in [-0.39, 0.29) is 13.0 Å². The Kier molecular flexibility index (Phi) is 3.71. The van der Waals surface area contributed by atoms with Crippen molar-refractivity contribution in [2.24, 2.45) is 0 Å². The summed E-state index contributed by atoms with van der Waals surface area (Å²) >= 11 is 3.58. The molecule has 2 aromatic carbocycles. The minimum Gasteiger partial charge on any atom is -0.492 e. The van der Waals surface area contributed by atoms with Crippen LogP contribution in [0, 0.1) is 0 Å². The first-order valence-electron chi connectivity index (χ1n) is 9.08. The Morgan fingerprint density at radius 3 is 2.85 bits per heavy atom. The third kappa shape index (κ3) is 2.47. The van der Waals surface area contributed by atoms with Crippen LogP contribution in [-0.4, -0.2) is 43.6 Å². The monoisotopic (exact) mass is 429 g/mol. The number of likely N-dealkylation sites (N-methyl/N-ethyl adjacent to an activating group) is 1. The summed E-state index contributed by atoms with van der Waals surface area (Å²) in [4.78, 5) is 0. The minimum atomic E-state index is 0.0943. The molecule has 1 aromatic heterocycles. The Morgan fingerprint density at radius 1 is 1.19 bits per heavy atom. The third-order valence-electron chi connectivity index (χ3n) is 5.77. The summed E-state index contributed by atoms with van der Waals surface area (Å²) in [7, 11) is 6.28. The smallest absolute Gasteiger partial charge is 0.231 e. The molecule has 0 unspecified atom stereocenters. The second kappa shape index (κ2) is 5.91. The van der Waals surface area contributed by atoms with E-state index >= 15 is 0 Å². The van der Waals surface area contributed by atoms with Crippen molar-refractivity contribution in [3.05, 3.63) is 52.1 Å². The minimum absolute atomic E-state index is 0.0943. The molecular formula is C21H22BrN2O3+.